The van der Waals surface area contributed by atoms with Gasteiger partial charge in [-0.15, -0.1) is 11.3 Å². The number of ketones is 1. The molecule has 0 spiro atoms. The molecule has 0 saturated heterocycles. The van der Waals surface area contributed by atoms with Gasteiger partial charge in [0, 0.05) is 34.9 Å². The molecule has 0 atom stereocenters. The first kappa shape index (κ1) is 12.6. The van der Waals surface area contributed by atoms with E-state index in [4.69, 9.17) is 0 Å². The van der Waals surface area contributed by atoms with Crippen LogP contribution in [0.4, 0.5) is 0 Å². The summed E-state index contributed by atoms with van der Waals surface area (Å²) in [5.74, 6) is 0.284. The maximum atomic E-state index is 12.2. The van der Waals surface area contributed by atoms with Crippen LogP contribution in [0.15, 0.2) is 17.6 Å². The van der Waals surface area contributed by atoms with Crippen molar-refractivity contribution in [3.05, 3.63) is 39.6 Å². The van der Waals surface area contributed by atoms with E-state index in [1.54, 1.807) is 11.3 Å². The lowest BCUT2D eigenvalue weighted by molar-refractivity contribution is 0.0910. The quantitative estimate of drug-likeness (QED) is 0.840. The van der Waals surface area contributed by atoms with Crippen molar-refractivity contribution in [1.82, 2.24) is 9.55 Å². The average Bonchev–Trinajstić information content (AvgIpc) is 2.90. The van der Waals surface area contributed by atoms with Crippen molar-refractivity contribution in [3.63, 3.8) is 0 Å². The Morgan fingerprint density at radius 1 is 1.42 bits per heavy atom. The third-order valence-electron chi connectivity index (χ3n) is 3.78. The van der Waals surface area contributed by atoms with Crippen molar-refractivity contribution in [3.8, 4) is 0 Å². The van der Waals surface area contributed by atoms with E-state index in [-0.39, 0.29) is 11.2 Å². The molecule has 2 heterocycles. The summed E-state index contributed by atoms with van der Waals surface area (Å²) in [6.07, 6.45) is 3.45. The van der Waals surface area contributed by atoms with Crippen LogP contribution in [0.25, 0.3) is 0 Å². The summed E-state index contributed by atoms with van der Waals surface area (Å²) >= 11 is 1.66. The number of fused-ring (bicyclic) bond motifs is 1. The highest BCUT2D eigenvalue weighted by atomic mass is 32.1. The Morgan fingerprint density at radius 2 is 2.21 bits per heavy atom. The molecule has 19 heavy (non-hydrogen) atoms. The van der Waals surface area contributed by atoms with Gasteiger partial charge in [-0.25, -0.2) is 4.98 Å². The Bertz CT molecular complexity index is 623. The lowest BCUT2D eigenvalue weighted by Crippen LogP contribution is -2.28. The van der Waals surface area contributed by atoms with E-state index >= 15 is 0 Å². The Balaban J connectivity index is 2.04. The van der Waals surface area contributed by atoms with Crippen molar-refractivity contribution in [2.75, 3.05) is 0 Å². The second-order valence-corrected chi connectivity index (χ2v) is 7.08. The first-order valence-electron chi connectivity index (χ1n) is 6.57. The van der Waals surface area contributed by atoms with E-state index < -0.39 is 0 Å². The largest absolute Gasteiger partial charge is 0.341 e. The molecule has 3 rings (SSSR count). The van der Waals surface area contributed by atoms with Crippen LogP contribution in [-0.2, 0) is 13.0 Å². The molecule has 0 aliphatic heterocycles. The molecule has 1 aliphatic rings. The Morgan fingerprint density at radius 3 is 2.89 bits per heavy atom. The van der Waals surface area contributed by atoms with E-state index in [0.29, 0.717) is 6.42 Å². The van der Waals surface area contributed by atoms with Crippen LogP contribution in [0.2, 0.25) is 0 Å². The van der Waals surface area contributed by atoms with E-state index in [1.807, 2.05) is 17.6 Å². The standard InChI is InChI=1S/C15H18N2OS/c1-10-6-11-12(7-15(2,3)8-13(11)18)17(10)9-14-16-4-5-19-14/h4-6H,7-9H2,1-3H3. The van der Waals surface area contributed by atoms with Crippen molar-refractivity contribution < 1.29 is 4.79 Å². The highest BCUT2D eigenvalue weighted by molar-refractivity contribution is 7.09. The molecular weight excluding hydrogens is 256 g/mol. The van der Waals surface area contributed by atoms with Gasteiger partial charge < -0.3 is 4.57 Å². The number of aryl methyl sites for hydroxylation is 1. The highest BCUT2D eigenvalue weighted by Crippen LogP contribution is 2.36. The minimum absolute atomic E-state index is 0.0650. The average molecular weight is 274 g/mol. The predicted molar refractivity (Wildman–Crippen MR) is 76.8 cm³/mol. The van der Waals surface area contributed by atoms with Crippen LogP contribution in [0.3, 0.4) is 0 Å². The molecule has 0 bridgehead atoms. The van der Waals surface area contributed by atoms with Crippen LogP contribution in [-0.4, -0.2) is 15.3 Å². The molecule has 0 radical (unpaired) electrons. The zero-order chi connectivity index (χ0) is 13.6. The number of carbonyl (C=O) groups is 1. The topological polar surface area (TPSA) is 34.9 Å². The normalized spacial score (nSPS) is 17.5. The SMILES string of the molecule is Cc1cc2c(n1Cc1nccs1)CC(C)(C)CC2=O. The van der Waals surface area contributed by atoms with Crippen LogP contribution >= 0.6 is 11.3 Å². The summed E-state index contributed by atoms with van der Waals surface area (Å²) in [5, 5.41) is 3.09. The smallest absolute Gasteiger partial charge is 0.165 e. The van der Waals surface area contributed by atoms with E-state index in [1.165, 1.54) is 5.69 Å². The van der Waals surface area contributed by atoms with Gasteiger partial charge in [0.2, 0.25) is 0 Å². The van der Waals surface area contributed by atoms with Crippen LogP contribution in [0.1, 0.15) is 47.0 Å². The lowest BCUT2D eigenvalue weighted by atomic mass is 9.76. The molecule has 1 aliphatic carbocycles. The molecule has 0 aromatic carbocycles. The molecule has 2 aromatic heterocycles. The number of thiazole rings is 1. The van der Waals surface area contributed by atoms with Crippen molar-refractivity contribution >= 4 is 17.1 Å². The number of hydrogen-bond acceptors (Lipinski definition) is 3. The molecular formula is C15H18N2OS. The summed E-state index contributed by atoms with van der Waals surface area (Å²) in [6.45, 7) is 7.20. The summed E-state index contributed by atoms with van der Waals surface area (Å²) in [6, 6.07) is 2.04. The highest BCUT2D eigenvalue weighted by Gasteiger charge is 2.33. The molecule has 0 amide bonds. The fraction of sp³-hybridized carbons (Fsp3) is 0.467. The van der Waals surface area contributed by atoms with Crippen LogP contribution in [0, 0.1) is 12.3 Å². The number of nitrogens with zero attached hydrogens (tertiary/aromatic N) is 2. The van der Waals surface area contributed by atoms with Gasteiger partial charge in [0.05, 0.1) is 6.54 Å². The van der Waals surface area contributed by atoms with Gasteiger partial charge in [0.1, 0.15) is 5.01 Å². The molecule has 4 heteroatoms. The lowest BCUT2D eigenvalue weighted by Gasteiger charge is -2.29. The van der Waals surface area contributed by atoms with Gasteiger partial charge in [-0.05, 0) is 24.8 Å². The zero-order valence-electron chi connectivity index (χ0n) is 11.6. The third kappa shape index (κ3) is 2.25. The molecule has 100 valence electrons. The second-order valence-electron chi connectivity index (χ2n) is 6.10. The summed E-state index contributed by atoms with van der Waals surface area (Å²) < 4.78 is 2.26. The predicted octanol–water partition coefficient (Wildman–Crippen LogP) is 3.46. The van der Waals surface area contributed by atoms with Crippen LogP contribution in [0.5, 0.6) is 0 Å². The van der Waals surface area contributed by atoms with E-state index in [2.05, 4.69) is 30.3 Å². The number of Topliss-reactive ketones (excluding diaryl/α,β-unsaturated/α-hetero) is 1. The third-order valence-corrected chi connectivity index (χ3v) is 4.54. The maximum absolute atomic E-state index is 12.2. The Hall–Kier alpha value is -1.42. The van der Waals surface area contributed by atoms with Crippen molar-refractivity contribution in [2.24, 2.45) is 5.41 Å². The van der Waals surface area contributed by atoms with Gasteiger partial charge in [0.15, 0.2) is 5.78 Å². The van der Waals surface area contributed by atoms with Gasteiger partial charge in [-0.1, -0.05) is 13.8 Å². The minimum Gasteiger partial charge on any atom is -0.341 e. The number of hydrogen-bond donors (Lipinski definition) is 0. The number of aromatic nitrogens is 2. The van der Waals surface area contributed by atoms with E-state index in [0.717, 1.165) is 29.2 Å². The fourth-order valence-electron chi connectivity index (χ4n) is 2.89. The summed E-state index contributed by atoms with van der Waals surface area (Å²) in [4.78, 5) is 16.6. The monoisotopic (exact) mass is 274 g/mol. The van der Waals surface area contributed by atoms with E-state index in [9.17, 15) is 4.79 Å². The fourth-order valence-corrected chi connectivity index (χ4v) is 3.50. The number of rotatable bonds is 2. The Labute approximate surface area is 117 Å². The van der Waals surface area contributed by atoms with Gasteiger partial charge >= 0.3 is 0 Å². The first-order valence-corrected chi connectivity index (χ1v) is 7.45. The number of carbonyl (C=O) groups excluding carboxylic acids is 1. The van der Waals surface area contributed by atoms with Gasteiger partial charge in [-0.2, -0.15) is 0 Å². The van der Waals surface area contributed by atoms with Gasteiger partial charge in [0.25, 0.3) is 0 Å². The maximum Gasteiger partial charge on any atom is 0.165 e. The molecule has 3 nitrogen and oxygen atoms in total. The molecule has 0 fully saturated rings. The summed E-state index contributed by atoms with van der Waals surface area (Å²) in [5.41, 5.74) is 3.34. The van der Waals surface area contributed by atoms with Gasteiger partial charge in [-0.3, -0.25) is 4.79 Å². The molecule has 0 saturated carbocycles. The second kappa shape index (κ2) is 4.30. The molecule has 2 aromatic rings. The van der Waals surface area contributed by atoms with Crippen LogP contribution < -0.4 is 0 Å². The first-order chi connectivity index (χ1) is 8.96. The minimum atomic E-state index is 0.0650. The molecule has 0 N–H and O–H groups in total. The zero-order valence-corrected chi connectivity index (χ0v) is 12.4. The van der Waals surface area contributed by atoms with Crippen molar-refractivity contribution in [1.29, 1.82) is 0 Å². The summed E-state index contributed by atoms with van der Waals surface area (Å²) in [7, 11) is 0. The van der Waals surface area contributed by atoms with Crippen molar-refractivity contribution in [2.45, 2.75) is 40.2 Å². The molecule has 0 unspecified atom stereocenters. The Kier molecular flexibility index (Phi) is 2.86.